The van der Waals surface area contributed by atoms with Crippen LogP contribution in [0, 0.1) is 0 Å². The Labute approximate surface area is 113 Å². The highest BCUT2D eigenvalue weighted by atomic mass is 16.5. The monoisotopic (exact) mass is 260 g/mol. The average molecular weight is 260 g/mol. The predicted molar refractivity (Wildman–Crippen MR) is 74.5 cm³/mol. The molecule has 1 N–H and O–H groups in total. The maximum atomic E-state index is 12.0. The highest BCUT2D eigenvalue weighted by Gasteiger charge is 2.25. The Morgan fingerprint density at radius 3 is 3.05 bits per heavy atom. The van der Waals surface area contributed by atoms with Crippen molar-refractivity contribution in [3.63, 3.8) is 0 Å². The van der Waals surface area contributed by atoms with Crippen LogP contribution in [0.2, 0.25) is 0 Å². The van der Waals surface area contributed by atoms with E-state index in [1.54, 1.807) is 0 Å². The van der Waals surface area contributed by atoms with E-state index in [1.807, 2.05) is 29.2 Å². The van der Waals surface area contributed by atoms with E-state index in [0.29, 0.717) is 6.04 Å². The Bertz CT molecular complexity index is 455. The first kappa shape index (κ1) is 12.5. The predicted octanol–water partition coefficient (Wildman–Crippen LogP) is 1.94. The van der Waals surface area contributed by atoms with Crippen LogP contribution in [0.25, 0.3) is 0 Å². The van der Waals surface area contributed by atoms with Crippen LogP contribution in [-0.4, -0.2) is 31.6 Å². The van der Waals surface area contributed by atoms with E-state index in [1.165, 1.54) is 19.3 Å². The van der Waals surface area contributed by atoms with Gasteiger partial charge in [-0.05, 0) is 37.9 Å². The largest absolute Gasteiger partial charge is 0.482 e. The van der Waals surface area contributed by atoms with Gasteiger partial charge in [0.1, 0.15) is 5.75 Å². The van der Waals surface area contributed by atoms with Crippen molar-refractivity contribution in [2.24, 2.45) is 0 Å². The summed E-state index contributed by atoms with van der Waals surface area (Å²) in [5.41, 5.74) is 0.912. The number of rotatable bonds is 3. The Kier molecular flexibility index (Phi) is 3.69. The zero-order chi connectivity index (χ0) is 13.1. The van der Waals surface area contributed by atoms with Crippen molar-refractivity contribution in [2.45, 2.75) is 31.7 Å². The summed E-state index contributed by atoms with van der Waals surface area (Å²) in [5.74, 6) is 0.883. The lowest BCUT2D eigenvalue weighted by molar-refractivity contribution is -0.121. The molecular weight excluding hydrogens is 240 g/mol. The Balaban J connectivity index is 1.67. The summed E-state index contributed by atoms with van der Waals surface area (Å²) in [6.45, 7) is 2.05. The summed E-state index contributed by atoms with van der Waals surface area (Å²) in [6.07, 6.45) is 4.81. The number of carbonyl (C=O) groups excluding carboxylic acids is 1. The van der Waals surface area contributed by atoms with E-state index in [4.69, 9.17) is 4.74 Å². The number of hydrogen-bond acceptors (Lipinski definition) is 3. The molecule has 4 nitrogen and oxygen atoms in total. The molecule has 1 unspecified atom stereocenters. The number of para-hydroxylation sites is 2. The van der Waals surface area contributed by atoms with Crippen molar-refractivity contribution in [2.75, 3.05) is 24.6 Å². The molecule has 1 fully saturated rings. The molecule has 0 aliphatic carbocycles. The van der Waals surface area contributed by atoms with Gasteiger partial charge in [-0.2, -0.15) is 0 Å². The van der Waals surface area contributed by atoms with Crippen LogP contribution in [0.3, 0.4) is 0 Å². The van der Waals surface area contributed by atoms with Gasteiger partial charge in [0.05, 0.1) is 5.69 Å². The van der Waals surface area contributed by atoms with E-state index in [2.05, 4.69) is 5.32 Å². The number of piperidine rings is 1. The summed E-state index contributed by atoms with van der Waals surface area (Å²) in [6, 6.07) is 8.33. The lowest BCUT2D eigenvalue weighted by atomic mass is 10.0. The highest BCUT2D eigenvalue weighted by molar-refractivity contribution is 5.97. The van der Waals surface area contributed by atoms with Gasteiger partial charge >= 0.3 is 0 Å². The molecule has 0 aromatic heterocycles. The first-order valence-corrected chi connectivity index (χ1v) is 7.10. The second kappa shape index (κ2) is 5.61. The van der Waals surface area contributed by atoms with E-state index < -0.39 is 0 Å². The molecule has 102 valence electrons. The maximum absolute atomic E-state index is 12.0. The smallest absolute Gasteiger partial charge is 0.265 e. The molecule has 2 heterocycles. The van der Waals surface area contributed by atoms with Crippen LogP contribution in [0.4, 0.5) is 5.69 Å². The molecule has 2 aliphatic heterocycles. The van der Waals surface area contributed by atoms with Gasteiger partial charge in [-0.15, -0.1) is 0 Å². The number of ether oxygens (including phenoxy) is 1. The SMILES string of the molecule is O=C1COc2ccccc2N1CCC1CCCCN1. The van der Waals surface area contributed by atoms with Crippen molar-refractivity contribution >= 4 is 11.6 Å². The van der Waals surface area contributed by atoms with Crippen molar-refractivity contribution in [1.82, 2.24) is 5.32 Å². The zero-order valence-electron chi connectivity index (χ0n) is 11.1. The third-order valence-corrected chi connectivity index (χ3v) is 3.92. The van der Waals surface area contributed by atoms with E-state index in [9.17, 15) is 4.79 Å². The van der Waals surface area contributed by atoms with Crippen LogP contribution in [0.1, 0.15) is 25.7 Å². The standard InChI is InChI=1S/C15H20N2O2/c18-15-11-19-14-7-2-1-6-13(14)17(15)10-8-12-5-3-4-9-16-12/h1-2,6-7,12,16H,3-5,8-11H2. The minimum absolute atomic E-state index is 0.0644. The quantitative estimate of drug-likeness (QED) is 0.903. The summed E-state index contributed by atoms with van der Waals surface area (Å²) in [7, 11) is 0. The molecule has 0 radical (unpaired) electrons. The molecule has 1 aromatic rings. The molecule has 0 spiro atoms. The molecule has 1 amide bonds. The third-order valence-electron chi connectivity index (χ3n) is 3.92. The molecule has 3 rings (SSSR count). The molecule has 1 aromatic carbocycles. The van der Waals surface area contributed by atoms with Gasteiger partial charge in [-0.3, -0.25) is 4.79 Å². The van der Waals surface area contributed by atoms with Crippen LogP contribution < -0.4 is 15.0 Å². The topological polar surface area (TPSA) is 41.6 Å². The third kappa shape index (κ3) is 2.73. The number of nitrogens with zero attached hydrogens (tertiary/aromatic N) is 1. The van der Waals surface area contributed by atoms with E-state index in [0.717, 1.165) is 30.9 Å². The molecule has 4 heteroatoms. The molecular formula is C15H20N2O2. The summed E-state index contributed by atoms with van der Waals surface area (Å²) < 4.78 is 5.45. The number of benzene rings is 1. The first-order valence-electron chi connectivity index (χ1n) is 7.10. The average Bonchev–Trinajstić information content (AvgIpc) is 2.47. The summed E-state index contributed by atoms with van der Waals surface area (Å²) >= 11 is 0. The van der Waals surface area contributed by atoms with Gasteiger partial charge in [0, 0.05) is 12.6 Å². The minimum atomic E-state index is 0.0644. The van der Waals surface area contributed by atoms with Crippen molar-refractivity contribution in [3.05, 3.63) is 24.3 Å². The second-order valence-corrected chi connectivity index (χ2v) is 5.24. The van der Waals surface area contributed by atoms with Crippen LogP contribution >= 0.6 is 0 Å². The lowest BCUT2D eigenvalue weighted by Gasteiger charge is -2.31. The van der Waals surface area contributed by atoms with Crippen molar-refractivity contribution in [3.8, 4) is 5.75 Å². The van der Waals surface area contributed by atoms with Crippen LogP contribution in [0.15, 0.2) is 24.3 Å². The normalized spacial score (nSPS) is 22.8. The van der Waals surface area contributed by atoms with E-state index in [-0.39, 0.29) is 12.5 Å². The molecule has 0 saturated carbocycles. The number of hydrogen-bond donors (Lipinski definition) is 1. The van der Waals surface area contributed by atoms with Gasteiger partial charge in [-0.1, -0.05) is 18.6 Å². The van der Waals surface area contributed by atoms with Gasteiger partial charge in [-0.25, -0.2) is 0 Å². The van der Waals surface area contributed by atoms with Crippen molar-refractivity contribution in [1.29, 1.82) is 0 Å². The van der Waals surface area contributed by atoms with Gasteiger partial charge < -0.3 is 15.0 Å². The summed E-state index contributed by atoms with van der Waals surface area (Å²) in [5, 5.41) is 3.53. The van der Waals surface area contributed by atoms with Gasteiger partial charge in [0.15, 0.2) is 6.61 Å². The fourth-order valence-corrected chi connectivity index (χ4v) is 2.85. The summed E-state index contributed by atoms with van der Waals surface area (Å²) in [4.78, 5) is 13.9. The van der Waals surface area contributed by atoms with Crippen molar-refractivity contribution < 1.29 is 9.53 Å². The molecule has 1 atom stereocenters. The fraction of sp³-hybridized carbons (Fsp3) is 0.533. The van der Waals surface area contributed by atoms with E-state index >= 15 is 0 Å². The fourth-order valence-electron chi connectivity index (χ4n) is 2.85. The number of carbonyl (C=O) groups is 1. The van der Waals surface area contributed by atoms with Crippen LogP contribution in [0.5, 0.6) is 5.75 Å². The second-order valence-electron chi connectivity index (χ2n) is 5.24. The Morgan fingerprint density at radius 1 is 1.32 bits per heavy atom. The zero-order valence-corrected chi connectivity index (χ0v) is 11.1. The Morgan fingerprint density at radius 2 is 2.21 bits per heavy atom. The first-order chi connectivity index (χ1) is 9.34. The number of anilines is 1. The Hall–Kier alpha value is -1.55. The van der Waals surface area contributed by atoms with Gasteiger partial charge in [0.25, 0.3) is 5.91 Å². The highest BCUT2D eigenvalue weighted by Crippen LogP contribution is 2.31. The van der Waals surface area contributed by atoms with Gasteiger partial charge in [0.2, 0.25) is 0 Å². The molecule has 19 heavy (non-hydrogen) atoms. The number of nitrogens with one attached hydrogen (secondary N) is 1. The number of amides is 1. The molecule has 2 aliphatic rings. The minimum Gasteiger partial charge on any atom is -0.482 e. The van der Waals surface area contributed by atoms with Crippen LogP contribution in [-0.2, 0) is 4.79 Å². The molecule has 0 bridgehead atoms. The lowest BCUT2D eigenvalue weighted by Crippen LogP contribution is -2.43. The number of fused-ring (bicyclic) bond motifs is 1. The maximum Gasteiger partial charge on any atom is 0.265 e. The molecule has 1 saturated heterocycles.